The molecule has 5 nitrogen and oxygen atoms in total. The second-order valence-electron chi connectivity index (χ2n) is 1.59. The van der Waals surface area contributed by atoms with Gasteiger partial charge in [-0.2, -0.15) is 15.4 Å². The molecule has 0 radical (unpaired) electrons. The molecule has 70 valence electrons. The fraction of sp³-hybridized carbons (Fsp3) is 0.500. The molecule has 1 rings (SSSR count). The summed E-state index contributed by atoms with van der Waals surface area (Å²) in [6.07, 6.45) is 3.17. The van der Waals surface area contributed by atoms with Gasteiger partial charge in [0, 0.05) is 16.6 Å². The minimum atomic E-state index is -3.33. The van der Waals surface area contributed by atoms with Crippen molar-refractivity contribution in [1.29, 1.82) is 0 Å². The molecule has 0 saturated heterocycles. The SMILES string of the molecule is O=S(=O)(Cl)CCCl.c1cn[nH]n1. The molecule has 0 aliphatic carbocycles. The molecule has 0 saturated carbocycles. The molecular formula is C4H7Cl2N3O2S. The first-order chi connectivity index (χ1) is 5.56. The van der Waals surface area contributed by atoms with Gasteiger partial charge in [0.15, 0.2) is 0 Å². The second-order valence-corrected chi connectivity index (χ2v) is 4.86. The van der Waals surface area contributed by atoms with Gasteiger partial charge in [-0.3, -0.25) is 0 Å². The Bertz CT molecular complexity index is 255. The molecule has 0 amide bonds. The summed E-state index contributed by atoms with van der Waals surface area (Å²) in [5, 5.41) is 9.33. The van der Waals surface area contributed by atoms with Gasteiger partial charge in [-0.05, 0) is 0 Å². The highest BCUT2D eigenvalue weighted by atomic mass is 35.7. The zero-order valence-electron chi connectivity index (χ0n) is 5.94. The number of aromatic nitrogens is 3. The molecule has 12 heavy (non-hydrogen) atoms. The van der Waals surface area contributed by atoms with Crippen LogP contribution in [0.15, 0.2) is 12.4 Å². The van der Waals surface area contributed by atoms with Crippen LogP contribution in [-0.2, 0) is 9.05 Å². The Kier molecular flexibility index (Phi) is 6.04. The quantitative estimate of drug-likeness (QED) is 0.598. The van der Waals surface area contributed by atoms with E-state index in [1.54, 1.807) is 12.4 Å². The van der Waals surface area contributed by atoms with Gasteiger partial charge in [-0.15, -0.1) is 11.6 Å². The molecule has 1 N–H and O–H groups in total. The van der Waals surface area contributed by atoms with Crippen molar-refractivity contribution in [2.24, 2.45) is 0 Å². The van der Waals surface area contributed by atoms with E-state index in [1.165, 1.54) is 0 Å². The van der Waals surface area contributed by atoms with Crippen molar-refractivity contribution in [2.45, 2.75) is 0 Å². The summed E-state index contributed by atoms with van der Waals surface area (Å²) < 4.78 is 19.8. The highest BCUT2D eigenvalue weighted by Gasteiger charge is 2.00. The Hall–Kier alpha value is -0.330. The summed E-state index contributed by atoms with van der Waals surface area (Å²) in [5.74, 6) is -0.0953. The minimum Gasteiger partial charge on any atom is -0.212 e. The molecule has 0 bridgehead atoms. The van der Waals surface area contributed by atoms with Gasteiger partial charge in [-0.1, -0.05) is 0 Å². The average molecular weight is 232 g/mol. The minimum absolute atomic E-state index is 0.0613. The number of aromatic amines is 1. The Morgan fingerprint density at radius 3 is 1.92 bits per heavy atom. The maximum atomic E-state index is 9.91. The molecule has 1 heterocycles. The largest absolute Gasteiger partial charge is 0.233 e. The van der Waals surface area contributed by atoms with Crippen LogP contribution in [0.4, 0.5) is 0 Å². The Labute approximate surface area is 79.5 Å². The van der Waals surface area contributed by atoms with E-state index in [1.807, 2.05) is 0 Å². The van der Waals surface area contributed by atoms with Crippen LogP contribution >= 0.6 is 22.3 Å². The number of halogens is 2. The normalized spacial score (nSPS) is 10.2. The third-order valence-corrected chi connectivity index (χ3v) is 2.22. The lowest BCUT2D eigenvalue weighted by Crippen LogP contribution is -1.96. The summed E-state index contributed by atoms with van der Waals surface area (Å²) in [6.45, 7) is 0. The van der Waals surface area contributed by atoms with E-state index < -0.39 is 9.05 Å². The van der Waals surface area contributed by atoms with Crippen LogP contribution in [0.1, 0.15) is 0 Å². The van der Waals surface area contributed by atoms with Crippen LogP contribution < -0.4 is 0 Å². The summed E-state index contributed by atoms with van der Waals surface area (Å²) >= 11 is 5.02. The number of nitrogens with one attached hydrogen (secondary N) is 1. The van der Waals surface area contributed by atoms with E-state index in [4.69, 9.17) is 22.3 Å². The van der Waals surface area contributed by atoms with E-state index in [9.17, 15) is 8.42 Å². The highest BCUT2D eigenvalue weighted by molar-refractivity contribution is 8.13. The van der Waals surface area contributed by atoms with E-state index in [-0.39, 0.29) is 11.6 Å². The van der Waals surface area contributed by atoms with Gasteiger partial charge < -0.3 is 0 Å². The maximum Gasteiger partial charge on any atom is 0.233 e. The lowest BCUT2D eigenvalue weighted by Gasteiger charge is -1.82. The predicted octanol–water partition coefficient (Wildman–Crippen LogP) is 0.599. The monoisotopic (exact) mass is 231 g/mol. The van der Waals surface area contributed by atoms with Crippen LogP contribution in [0.3, 0.4) is 0 Å². The average Bonchev–Trinajstić information content (AvgIpc) is 2.38. The molecule has 8 heteroatoms. The molecule has 1 aromatic rings. The van der Waals surface area contributed by atoms with Crippen molar-refractivity contribution in [3.05, 3.63) is 12.4 Å². The first kappa shape index (κ1) is 11.7. The molecule has 0 aliphatic heterocycles. The number of H-pyrrole nitrogens is 1. The number of alkyl halides is 1. The first-order valence-electron chi connectivity index (χ1n) is 2.84. The molecule has 1 aromatic heterocycles. The van der Waals surface area contributed by atoms with E-state index >= 15 is 0 Å². The summed E-state index contributed by atoms with van der Waals surface area (Å²) in [5.41, 5.74) is 0. The molecule has 0 atom stereocenters. The van der Waals surface area contributed by atoms with Crippen molar-refractivity contribution < 1.29 is 8.42 Å². The topological polar surface area (TPSA) is 75.7 Å². The summed E-state index contributed by atoms with van der Waals surface area (Å²) in [6, 6.07) is 0. The van der Waals surface area contributed by atoms with Crippen molar-refractivity contribution in [1.82, 2.24) is 15.4 Å². The molecule has 0 spiro atoms. The standard InChI is InChI=1S/C2H4Cl2O2S.C2H3N3/c3-1-2-7(4,5)6;1-2-4-5-3-1/h1-2H2;1-2H,(H,3,4,5). The number of hydrogen-bond acceptors (Lipinski definition) is 4. The number of hydrogen-bond donors (Lipinski definition) is 1. The molecule has 0 unspecified atom stereocenters. The van der Waals surface area contributed by atoms with Gasteiger partial charge in [-0.25, -0.2) is 8.42 Å². The van der Waals surface area contributed by atoms with Gasteiger partial charge >= 0.3 is 0 Å². The molecule has 0 aromatic carbocycles. The molecular weight excluding hydrogens is 225 g/mol. The maximum absolute atomic E-state index is 9.91. The van der Waals surface area contributed by atoms with Crippen LogP contribution in [0.25, 0.3) is 0 Å². The summed E-state index contributed by atoms with van der Waals surface area (Å²) in [7, 11) is 1.39. The van der Waals surface area contributed by atoms with Gasteiger partial charge in [0.25, 0.3) is 0 Å². The fourth-order valence-corrected chi connectivity index (χ4v) is 1.52. The van der Waals surface area contributed by atoms with Crippen LogP contribution in [0.5, 0.6) is 0 Å². The highest BCUT2D eigenvalue weighted by Crippen LogP contribution is 1.95. The zero-order valence-corrected chi connectivity index (χ0v) is 8.27. The van der Waals surface area contributed by atoms with Crippen LogP contribution in [0.2, 0.25) is 0 Å². The fourth-order valence-electron chi connectivity index (χ4n) is 0.259. The smallest absolute Gasteiger partial charge is 0.212 e. The van der Waals surface area contributed by atoms with Crippen LogP contribution in [0, 0.1) is 0 Å². The van der Waals surface area contributed by atoms with E-state index in [2.05, 4.69) is 15.4 Å². The first-order valence-corrected chi connectivity index (χ1v) is 5.85. The number of nitrogens with zero attached hydrogens (tertiary/aromatic N) is 2. The second kappa shape index (κ2) is 6.22. The van der Waals surface area contributed by atoms with Crippen LogP contribution in [-0.4, -0.2) is 35.5 Å². The molecule has 0 fully saturated rings. The van der Waals surface area contributed by atoms with Crippen molar-refractivity contribution in [2.75, 3.05) is 11.6 Å². The van der Waals surface area contributed by atoms with Gasteiger partial charge in [0.05, 0.1) is 18.1 Å². The van der Waals surface area contributed by atoms with E-state index in [0.29, 0.717) is 0 Å². The van der Waals surface area contributed by atoms with E-state index in [0.717, 1.165) is 0 Å². The Balaban J connectivity index is 0.000000211. The predicted molar refractivity (Wildman–Crippen MR) is 46.7 cm³/mol. The van der Waals surface area contributed by atoms with Crippen molar-refractivity contribution in [3.8, 4) is 0 Å². The molecule has 0 aliphatic rings. The third-order valence-electron chi connectivity index (χ3n) is 0.652. The third kappa shape index (κ3) is 9.67. The Morgan fingerprint density at radius 2 is 1.83 bits per heavy atom. The van der Waals surface area contributed by atoms with Crippen molar-refractivity contribution in [3.63, 3.8) is 0 Å². The summed E-state index contributed by atoms with van der Waals surface area (Å²) in [4.78, 5) is 0. The van der Waals surface area contributed by atoms with Gasteiger partial charge in [0.1, 0.15) is 0 Å². The zero-order chi connectivity index (χ0) is 9.45. The lowest BCUT2D eigenvalue weighted by molar-refractivity contribution is 0.611. The Morgan fingerprint density at radius 1 is 1.33 bits per heavy atom. The number of rotatable bonds is 2. The lowest BCUT2D eigenvalue weighted by atomic mass is 11.0. The van der Waals surface area contributed by atoms with Gasteiger partial charge in [0.2, 0.25) is 9.05 Å². The van der Waals surface area contributed by atoms with Crippen molar-refractivity contribution >= 4 is 31.3 Å².